The highest BCUT2D eigenvalue weighted by molar-refractivity contribution is 14.0. The number of primary amides is 1. The molecule has 0 atom stereocenters. The topological polar surface area (TPSA) is 79.5 Å². The van der Waals surface area contributed by atoms with Crippen molar-refractivity contribution in [2.75, 3.05) is 13.1 Å². The van der Waals surface area contributed by atoms with Crippen LogP contribution in [0.5, 0.6) is 0 Å². The van der Waals surface area contributed by atoms with E-state index in [9.17, 15) is 4.79 Å². The largest absolute Gasteiger partial charge is 0.366 e. The second-order valence-corrected chi connectivity index (χ2v) is 4.54. The first-order valence-electron chi connectivity index (χ1n) is 7.08. The summed E-state index contributed by atoms with van der Waals surface area (Å²) in [6.45, 7) is 6.43. The number of nitrogens with zero attached hydrogens (tertiary/aromatic N) is 1. The van der Waals surface area contributed by atoms with Crippen LogP contribution >= 0.6 is 24.0 Å². The van der Waals surface area contributed by atoms with Gasteiger partial charge >= 0.3 is 0 Å². The number of amides is 1. The van der Waals surface area contributed by atoms with Gasteiger partial charge in [0.05, 0.1) is 6.54 Å². The minimum absolute atomic E-state index is 0. The van der Waals surface area contributed by atoms with E-state index in [1.807, 2.05) is 19.1 Å². The first kappa shape index (κ1) is 19.7. The quantitative estimate of drug-likeness (QED) is 0.282. The fourth-order valence-corrected chi connectivity index (χ4v) is 1.72. The predicted molar refractivity (Wildman–Crippen MR) is 98.1 cm³/mol. The van der Waals surface area contributed by atoms with Crippen molar-refractivity contribution >= 4 is 35.8 Å². The molecule has 1 aromatic rings. The van der Waals surface area contributed by atoms with Gasteiger partial charge in [0.25, 0.3) is 0 Å². The maximum atomic E-state index is 11.1. The number of nitrogens with one attached hydrogen (secondary N) is 2. The normalized spacial score (nSPS) is 10.7. The third-order valence-electron chi connectivity index (χ3n) is 2.80. The Morgan fingerprint density at radius 3 is 2.67 bits per heavy atom. The van der Waals surface area contributed by atoms with E-state index < -0.39 is 5.91 Å². The minimum Gasteiger partial charge on any atom is -0.366 e. The lowest BCUT2D eigenvalue weighted by atomic mass is 10.1. The molecule has 1 amide bonds. The van der Waals surface area contributed by atoms with Gasteiger partial charge in [-0.25, -0.2) is 4.99 Å². The summed E-state index contributed by atoms with van der Waals surface area (Å²) in [5.41, 5.74) is 6.75. The molecule has 0 saturated carbocycles. The van der Waals surface area contributed by atoms with Gasteiger partial charge in [0.2, 0.25) is 5.91 Å². The van der Waals surface area contributed by atoms with Crippen LogP contribution in [0.25, 0.3) is 0 Å². The van der Waals surface area contributed by atoms with Crippen molar-refractivity contribution in [1.29, 1.82) is 0 Å². The standard InChI is InChI=1S/C15H24N4O.HI/c1-3-5-9-18-15(17-4-2)19-11-12-7-6-8-13(10-12)14(16)20;/h6-8,10H,3-5,9,11H2,1-2H3,(H2,16,20)(H2,17,18,19);1H. The second-order valence-electron chi connectivity index (χ2n) is 4.54. The molecule has 0 spiro atoms. The summed E-state index contributed by atoms with van der Waals surface area (Å²) in [7, 11) is 0. The van der Waals surface area contributed by atoms with E-state index in [-0.39, 0.29) is 24.0 Å². The first-order chi connectivity index (χ1) is 9.67. The number of carbonyl (C=O) groups is 1. The Hall–Kier alpha value is -1.31. The van der Waals surface area contributed by atoms with Crippen LogP contribution in [-0.2, 0) is 6.54 Å². The van der Waals surface area contributed by atoms with E-state index in [0.29, 0.717) is 12.1 Å². The molecule has 0 aromatic heterocycles. The molecule has 0 unspecified atom stereocenters. The number of halogens is 1. The third-order valence-corrected chi connectivity index (χ3v) is 2.80. The fraction of sp³-hybridized carbons (Fsp3) is 0.467. The van der Waals surface area contributed by atoms with E-state index >= 15 is 0 Å². The van der Waals surface area contributed by atoms with E-state index in [1.165, 1.54) is 0 Å². The van der Waals surface area contributed by atoms with Crippen LogP contribution in [0.2, 0.25) is 0 Å². The van der Waals surface area contributed by atoms with Gasteiger partial charge in [-0.05, 0) is 31.0 Å². The molecule has 5 nitrogen and oxygen atoms in total. The second kappa shape index (κ2) is 11.4. The molecular weight excluding hydrogens is 379 g/mol. The van der Waals surface area contributed by atoms with E-state index in [0.717, 1.165) is 37.5 Å². The monoisotopic (exact) mass is 404 g/mol. The molecule has 6 heteroatoms. The zero-order valence-corrected chi connectivity index (χ0v) is 15.0. The number of carbonyl (C=O) groups excluding carboxylic acids is 1. The van der Waals surface area contributed by atoms with Gasteiger partial charge in [0.15, 0.2) is 5.96 Å². The van der Waals surface area contributed by atoms with Gasteiger partial charge in [0.1, 0.15) is 0 Å². The molecule has 1 rings (SSSR count). The van der Waals surface area contributed by atoms with Crippen molar-refractivity contribution in [3.8, 4) is 0 Å². The summed E-state index contributed by atoms with van der Waals surface area (Å²) >= 11 is 0. The molecule has 0 aliphatic carbocycles. The summed E-state index contributed by atoms with van der Waals surface area (Å²) in [5.74, 6) is 0.384. The van der Waals surface area contributed by atoms with Crippen molar-refractivity contribution in [3.63, 3.8) is 0 Å². The highest BCUT2D eigenvalue weighted by atomic mass is 127. The number of guanidine groups is 1. The summed E-state index contributed by atoms with van der Waals surface area (Å²) in [6, 6.07) is 7.25. The Morgan fingerprint density at radius 2 is 2.05 bits per heavy atom. The van der Waals surface area contributed by atoms with Crippen molar-refractivity contribution in [2.45, 2.75) is 33.2 Å². The van der Waals surface area contributed by atoms with Crippen LogP contribution < -0.4 is 16.4 Å². The zero-order chi connectivity index (χ0) is 14.8. The lowest BCUT2D eigenvalue weighted by Crippen LogP contribution is -2.37. The molecule has 118 valence electrons. The smallest absolute Gasteiger partial charge is 0.248 e. The Kier molecular flexibility index (Phi) is 10.7. The van der Waals surface area contributed by atoms with Gasteiger partial charge < -0.3 is 16.4 Å². The van der Waals surface area contributed by atoms with Gasteiger partial charge in [-0.2, -0.15) is 0 Å². The Balaban J connectivity index is 0.00000400. The molecule has 0 aliphatic rings. The Morgan fingerprint density at radius 1 is 1.29 bits per heavy atom. The molecule has 4 N–H and O–H groups in total. The third kappa shape index (κ3) is 7.89. The number of hydrogen-bond acceptors (Lipinski definition) is 2. The summed E-state index contributed by atoms with van der Waals surface area (Å²) in [5, 5.41) is 6.47. The Bertz CT molecular complexity index is 463. The van der Waals surface area contributed by atoms with Crippen LogP contribution in [0.4, 0.5) is 0 Å². The van der Waals surface area contributed by atoms with Gasteiger partial charge in [-0.1, -0.05) is 25.5 Å². The van der Waals surface area contributed by atoms with Crippen LogP contribution in [0, 0.1) is 0 Å². The molecule has 21 heavy (non-hydrogen) atoms. The van der Waals surface area contributed by atoms with E-state index in [2.05, 4.69) is 22.5 Å². The van der Waals surface area contributed by atoms with Crippen molar-refractivity contribution in [1.82, 2.24) is 10.6 Å². The molecule has 0 aliphatic heterocycles. The van der Waals surface area contributed by atoms with Crippen molar-refractivity contribution < 1.29 is 4.79 Å². The molecular formula is C15H25IN4O. The fourth-order valence-electron chi connectivity index (χ4n) is 1.72. The lowest BCUT2D eigenvalue weighted by Gasteiger charge is -2.10. The minimum atomic E-state index is -0.413. The highest BCUT2D eigenvalue weighted by Gasteiger charge is 2.01. The maximum absolute atomic E-state index is 11.1. The first-order valence-corrected chi connectivity index (χ1v) is 7.08. The molecule has 0 radical (unpaired) electrons. The molecule has 0 bridgehead atoms. The Labute approximate surface area is 143 Å². The van der Waals surface area contributed by atoms with Crippen LogP contribution in [0.3, 0.4) is 0 Å². The van der Waals surface area contributed by atoms with Crippen molar-refractivity contribution in [2.24, 2.45) is 10.7 Å². The van der Waals surface area contributed by atoms with Crippen molar-refractivity contribution in [3.05, 3.63) is 35.4 Å². The highest BCUT2D eigenvalue weighted by Crippen LogP contribution is 2.06. The SMILES string of the molecule is CCCCNC(=NCc1cccc(C(N)=O)c1)NCC.I. The van der Waals surface area contributed by atoms with Gasteiger partial charge in [-0.3, -0.25) is 4.79 Å². The number of aliphatic imine (C=N–C) groups is 1. The van der Waals surface area contributed by atoms with Crippen LogP contribution in [0.1, 0.15) is 42.6 Å². The van der Waals surface area contributed by atoms with Crippen LogP contribution in [0.15, 0.2) is 29.3 Å². The molecule has 0 heterocycles. The zero-order valence-electron chi connectivity index (χ0n) is 12.7. The molecule has 0 fully saturated rings. The predicted octanol–water partition coefficient (Wildman–Crippen LogP) is 2.26. The number of nitrogens with two attached hydrogens (primary N) is 1. The lowest BCUT2D eigenvalue weighted by molar-refractivity contribution is 0.1000. The number of benzene rings is 1. The maximum Gasteiger partial charge on any atom is 0.248 e. The average molecular weight is 404 g/mol. The number of rotatable bonds is 7. The number of hydrogen-bond donors (Lipinski definition) is 3. The van der Waals surface area contributed by atoms with Crippen LogP contribution in [-0.4, -0.2) is 25.0 Å². The molecule has 1 aromatic carbocycles. The van der Waals surface area contributed by atoms with Gasteiger partial charge in [0, 0.05) is 18.7 Å². The van der Waals surface area contributed by atoms with E-state index in [4.69, 9.17) is 5.73 Å². The summed E-state index contributed by atoms with van der Waals surface area (Å²) in [6.07, 6.45) is 2.26. The number of unbranched alkanes of at least 4 members (excludes halogenated alkanes) is 1. The van der Waals surface area contributed by atoms with E-state index in [1.54, 1.807) is 12.1 Å². The summed E-state index contributed by atoms with van der Waals surface area (Å²) < 4.78 is 0. The molecule has 0 saturated heterocycles. The summed E-state index contributed by atoms with van der Waals surface area (Å²) in [4.78, 5) is 15.6. The van der Waals surface area contributed by atoms with Gasteiger partial charge in [-0.15, -0.1) is 24.0 Å². The average Bonchev–Trinajstić information content (AvgIpc) is 2.45.